The van der Waals surface area contributed by atoms with Crippen molar-refractivity contribution in [1.29, 1.82) is 0 Å². The molecule has 2 heterocycles. The van der Waals surface area contributed by atoms with E-state index in [1.807, 2.05) is 12.1 Å². The first-order valence-electron chi connectivity index (χ1n) is 9.11. The van der Waals surface area contributed by atoms with Crippen LogP contribution in [0.5, 0.6) is 0 Å². The second kappa shape index (κ2) is 5.12. The zero-order chi connectivity index (χ0) is 17.1. The van der Waals surface area contributed by atoms with E-state index >= 15 is 0 Å². The van der Waals surface area contributed by atoms with E-state index in [0.29, 0.717) is 0 Å². The van der Waals surface area contributed by atoms with E-state index in [0.717, 1.165) is 29.7 Å². The van der Waals surface area contributed by atoms with Crippen LogP contribution >= 0.6 is 0 Å². The zero-order valence-corrected chi connectivity index (χ0v) is 14.3. The summed E-state index contributed by atoms with van der Waals surface area (Å²) in [5.74, 6) is 0. The highest BCUT2D eigenvalue weighted by Crippen LogP contribution is 2.36. The third kappa shape index (κ3) is 1.81. The summed E-state index contributed by atoms with van der Waals surface area (Å²) in [5, 5.41) is 3.70. The standard InChI is InChI=1S/C24H17NO/c1-4-10-21-17(7-1)18-8-2-5-11-22(18)25(21)16-13-14-20-19-9-3-6-12-23(19)26-24(20)15-16/h1,3-7,9-15H,2,8H2. The largest absolute Gasteiger partial charge is 0.456 e. The average Bonchev–Trinajstić information content (AvgIpc) is 3.23. The molecule has 2 aromatic heterocycles. The van der Waals surface area contributed by atoms with Crippen molar-refractivity contribution in [2.75, 3.05) is 0 Å². The van der Waals surface area contributed by atoms with Crippen LogP contribution in [0.1, 0.15) is 17.7 Å². The lowest BCUT2D eigenvalue weighted by Crippen LogP contribution is -2.00. The maximum absolute atomic E-state index is 6.12. The first-order chi connectivity index (χ1) is 12.9. The van der Waals surface area contributed by atoms with Crippen LogP contribution in [0, 0.1) is 0 Å². The molecule has 2 nitrogen and oxygen atoms in total. The molecular formula is C24H17NO. The first-order valence-corrected chi connectivity index (χ1v) is 9.11. The Balaban J connectivity index is 1.69. The number of aromatic nitrogens is 1. The molecular weight excluding hydrogens is 318 g/mol. The highest BCUT2D eigenvalue weighted by atomic mass is 16.3. The Morgan fingerprint density at radius 2 is 1.58 bits per heavy atom. The lowest BCUT2D eigenvalue weighted by Gasteiger charge is -2.12. The summed E-state index contributed by atoms with van der Waals surface area (Å²) >= 11 is 0. The van der Waals surface area contributed by atoms with Gasteiger partial charge in [-0.05, 0) is 48.7 Å². The summed E-state index contributed by atoms with van der Waals surface area (Å²) in [6.07, 6.45) is 6.76. The van der Waals surface area contributed by atoms with Gasteiger partial charge in [-0.3, -0.25) is 0 Å². The van der Waals surface area contributed by atoms with Gasteiger partial charge in [-0.15, -0.1) is 0 Å². The third-order valence-corrected chi connectivity index (χ3v) is 5.48. The molecule has 124 valence electrons. The quantitative estimate of drug-likeness (QED) is 0.342. The van der Waals surface area contributed by atoms with Gasteiger partial charge < -0.3 is 8.98 Å². The third-order valence-electron chi connectivity index (χ3n) is 5.48. The predicted octanol–water partition coefficient (Wildman–Crippen LogP) is 6.49. The molecule has 0 radical (unpaired) electrons. The molecule has 0 atom stereocenters. The van der Waals surface area contributed by atoms with Crippen molar-refractivity contribution in [3.63, 3.8) is 0 Å². The number of hydrogen-bond acceptors (Lipinski definition) is 1. The van der Waals surface area contributed by atoms with Crippen LogP contribution in [0.3, 0.4) is 0 Å². The molecule has 0 aliphatic heterocycles. The van der Waals surface area contributed by atoms with Crippen LogP contribution < -0.4 is 0 Å². The lowest BCUT2D eigenvalue weighted by molar-refractivity contribution is 0.668. The van der Waals surface area contributed by atoms with Gasteiger partial charge >= 0.3 is 0 Å². The van der Waals surface area contributed by atoms with Crippen LogP contribution in [-0.2, 0) is 6.42 Å². The normalized spacial score (nSPS) is 13.7. The summed E-state index contributed by atoms with van der Waals surface area (Å²) in [7, 11) is 0. The van der Waals surface area contributed by atoms with Crippen LogP contribution in [0.2, 0.25) is 0 Å². The Hall–Kier alpha value is -3.26. The minimum absolute atomic E-state index is 0.940. The van der Waals surface area contributed by atoms with Gasteiger partial charge in [0.2, 0.25) is 0 Å². The summed E-state index contributed by atoms with van der Waals surface area (Å²) < 4.78 is 8.48. The molecule has 0 bridgehead atoms. The van der Waals surface area contributed by atoms with E-state index in [4.69, 9.17) is 4.42 Å². The van der Waals surface area contributed by atoms with Crippen LogP contribution in [0.4, 0.5) is 0 Å². The summed E-state index contributed by atoms with van der Waals surface area (Å²) in [6, 6.07) is 23.5. The molecule has 3 aromatic carbocycles. The summed E-state index contributed by atoms with van der Waals surface area (Å²) in [6.45, 7) is 0. The molecule has 1 aliphatic carbocycles. The van der Waals surface area contributed by atoms with Crippen molar-refractivity contribution in [3.8, 4) is 5.69 Å². The second-order valence-corrected chi connectivity index (χ2v) is 6.94. The Kier molecular flexibility index (Phi) is 2.75. The number of allylic oxidation sites excluding steroid dienone is 1. The maximum atomic E-state index is 6.12. The number of hydrogen-bond donors (Lipinski definition) is 0. The van der Waals surface area contributed by atoms with E-state index in [2.05, 4.69) is 71.3 Å². The molecule has 0 spiro atoms. The van der Waals surface area contributed by atoms with Crippen LogP contribution in [0.15, 0.2) is 77.2 Å². The number of furan rings is 1. The molecule has 0 unspecified atom stereocenters. The molecule has 0 N–H and O–H groups in total. The van der Waals surface area contributed by atoms with Gasteiger partial charge in [0.25, 0.3) is 0 Å². The monoisotopic (exact) mass is 335 g/mol. The van der Waals surface area contributed by atoms with Gasteiger partial charge in [-0.1, -0.05) is 42.5 Å². The molecule has 0 saturated heterocycles. The Labute approximate surface area is 151 Å². The predicted molar refractivity (Wildman–Crippen MR) is 108 cm³/mol. The molecule has 0 amide bonds. The van der Waals surface area contributed by atoms with Crippen LogP contribution in [0.25, 0.3) is 44.6 Å². The van der Waals surface area contributed by atoms with E-state index in [-0.39, 0.29) is 0 Å². The number of rotatable bonds is 1. The van der Waals surface area contributed by atoms with E-state index in [1.54, 1.807) is 0 Å². The summed E-state index contributed by atoms with van der Waals surface area (Å²) in [4.78, 5) is 0. The van der Waals surface area contributed by atoms with E-state index in [1.165, 1.54) is 32.9 Å². The minimum atomic E-state index is 0.940. The number of benzene rings is 3. The van der Waals surface area contributed by atoms with Crippen molar-refractivity contribution in [3.05, 3.63) is 84.1 Å². The Bertz CT molecular complexity index is 1330. The SMILES string of the molecule is C1=Cc2c(c3ccccc3n2-c2ccc3c(c2)oc2ccccc23)CC1. The lowest BCUT2D eigenvalue weighted by atomic mass is 10.0. The second-order valence-electron chi connectivity index (χ2n) is 6.94. The minimum Gasteiger partial charge on any atom is -0.456 e. The molecule has 2 heteroatoms. The average molecular weight is 335 g/mol. The number of aryl methyl sites for hydroxylation is 1. The van der Waals surface area contributed by atoms with Crippen molar-refractivity contribution in [2.45, 2.75) is 12.8 Å². The van der Waals surface area contributed by atoms with Gasteiger partial charge in [-0.25, -0.2) is 0 Å². The molecule has 26 heavy (non-hydrogen) atoms. The van der Waals surface area contributed by atoms with Gasteiger partial charge in [0.15, 0.2) is 0 Å². The fourth-order valence-corrected chi connectivity index (χ4v) is 4.32. The van der Waals surface area contributed by atoms with Gasteiger partial charge in [-0.2, -0.15) is 0 Å². The van der Waals surface area contributed by atoms with E-state index < -0.39 is 0 Å². The van der Waals surface area contributed by atoms with Crippen molar-refractivity contribution in [1.82, 2.24) is 4.57 Å². The Morgan fingerprint density at radius 3 is 2.54 bits per heavy atom. The number of fused-ring (bicyclic) bond motifs is 6. The topological polar surface area (TPSA) is 18.1 Å². The molecule has 0 fully saturated rings. The molecule has 0 saturated carbocycles. The molecule has 6 rings (SSSR count). The first kappa shape index (κ1) is 14.0. The number of nitrogens with zero attached hydrogens (tertiary/aromatic N) is 1. The molecule has 5 aromatic rings. The van der Waals surface area contributed by atoms with Gasteiger partial charge in [0, 0.05) is 33.6 Å². The molecule has 1 aliphatic rings. The maximum Gasteiger partial charge on any atom is 0.137 e. The van der Waals surface area contributed by atoms with Crippen LogP contribution in [-0.4, -0.2) is 4.57 Å². The summed E-state index contributed by atoms with van der Waals surface area (Å²) in [5.41, 5.74) is 7.05. The van der Waals surface area contributed by atoms with Gasteiger partial charge in [0.1, 0.15) is 11.2 Å². The Morgan fingerprint density at radius 1 is 0.769 bits per heavy atom. The van der Waals surface area contributed by atoms with Crippen molar-refractivity contribution >= 4 is 38.9 Å². The van der Waals surface area contributed by atoms with Gasteiger partial charge in [0.05, 0.1) is 5.52 Å². The fourth-order valence-electron chi connectivity index (χ4n) is 4.32. The van der Waals surface area contributed by atoms with Crippen molar-refractivity contribution in [2.24, 2.45) is 0 Å². The number of para-hydroxylation sites is 2. The highest BCUT2D eigenvalue weighted by molar-refractivity contribution is 6.05. The van der Waals surface area contributed by atoms with Crippen molar-refractivity contribution < 1.29 is 4.42 Å². The zero-order valence-electron chi connectivity index (χ0n) is 14.3. The van der Waals surface area contributed by atoms with E-state index in [9.17, 15) is 0 Å². The highest BCUT2D eigenvalue weighted by Gasteiger charge is 2.18. The fraction of sp³-hybridized carbons (Fsp3) is 0.0833. The smallest absolute Gasteiger partial charge is 0.137 e.